The highest BCUT2D eigenvalue weighted by Gasteiger charge is 2.15. The third-order valence-corrected chi connectivity index (χ3v) is 1.91. The molecule has 1 aromatic carbocycles. The van der Waals surface area contributed by atoms with Gasteiger partial charge in [0.2, 0.25) is 0 Å². The van der Waals surface area contributed by atoms with Crippen molar-refractivity contribution in [1.82, 2.24) is 0 Å². The molecule has 0 aliphatic heterocycles. The van der Waals surface area contributed by atoms with Crippen LogP contribution in [-0.4, -0.2) is 21.6 Å². The van der Waals surface area contributed by atoms with Gasteiger partial charge in [-0.3, -0.25) is 0 Å². The molecule has 1 aromatic rings. The van der Waals surface area contributed by atoms with Crippen LogP contribution in [0.25, 0.3) is 11.1 Å². The Morgan fingerprint density at radius 2 is 2.00 bits per heavy atom. The summed E-state index contributed by atoms with van der Waals surface area (Å²) in [6, 6.07) is 9.27. The topological polar surface area (TPSA) is 73.7 Å². The Hall–Kier alpha value is -2.19. The first kappa shape index (κ1) is 10.9. The van der Waals surface area contributed by atoms with Gasteiger partial charge in [-0.25, -0.2) is 4.79 Å². The van der Waals surface area contributed by atoms with Gasteiger partial charge in [-0.15, -0.1) is 0 Å². The Labute approximate surface area is 87.1 Å². The summed E-state index contributed by atoms with van der Waals surface area (Å²) in [5.74, 6) is -1.26. The fourth-order valence-electron chi connectivity index (χ4n) is 1.12. The number of hydrogen-bond donors (Lipinski definition) is 1. The van der Waals surface area contributed by atoms with Gasteiger partial charge in [-0.2, -0.15) is 4.79 Å². The lowest BCUT2D eigenvalue weighted by molar-refractivity contribution is -0.133. The maximum Gasteiger partial charge on any atom is 0.419 e. The first-order valence-electron chi connectivity index (χ1n) is 4.34. The standard InChI is InChI=1S/C11H10N2O2/c1-8(7-10(13-12)11(14)15)9-5-3-2-4-6-9/h2-7H,1H3,(H,14,15)/b8-7+. The van der Waals surface area contributed by atoms with E-state index in [4.69, 9.17) is 10.6 Å². The van der Waals surface area contributed by atoms with Crippen molar-refractivity contribution < 1.29 is 14.7 Å². The molecule has 0 radical (unpaired) electrons. The summed E-state index contributed by atoms with van der Waals surface area (Å²) < 4.78 is 0. The molecule has 15 heavy (non-hydrogen) atoms. The minimum atomic E-state index is -1.26. The summed E-state index contributed by atoms with van der Waals surface area (Å²) in [6.07, 6.45) is 1.32. The molecule has 0 spiro atoms. The molecule has 0 saturated heterocycles. The third kappa shape index (κ3) is 2.90. The zero-order valence-electron chi connectivity index (χ0n) is 8.21. The highest BCUT2D eigenvalue weighted by Crippen LogP contribution is 2.12. The first-order chi connectivity index (χ1) is 7.15. The van der Waals surface area contributed by atoms with E-state index in [1.54, 1.807) is 6.92 Å². The monoisotopic (exact) mass is 202 g/mol. The number of carboxylic acid groups (broad SMARTS) is 1. The molecule has 0 aliphatic rings. The van der Waals surface area contributed by atoms with Crippen LogP contribution in [0.15, 0.2) is 36.4 Å². The summed E-state index contributed by atoms with van der Waals surface area (Å²) in [6.45, 7) is 1.75. The zero-order chi connectivity index (χ0) is 11.3. The fourth-order valence-corrected chi connectivity index (χ4v) is 1.12. The number of rotatable bonds is 3. The van der Waals surface area contributed by atoms with Crippen LogP contribution in [-0.2, 0) is 4.79 Å². The number of carbonyl (C=O) groups is 1. The van der Waals surface area contributed by atoms with Crippen molar-refractivity contribution >= 4 is 17.3 Å². The van der Waals surface area contributed by atoms with Crippen LogP contribution in [0.2, 0.25) is 0 Å². The summed E-state index contributed by atoms with van der Waals surface area (Å²) in [4.78, 5) is 13.3. The SMILES string of the molecule is C/C(=C\C(=[N+]=[N-])C(=O)O)c1ccccc1. The molecule has 0 fully saturated rings. The van der Waals surface area contributed by atoms with Gasteiger partial charge in [0, 0.05) is 6.08 Å². The highest BCUT2D eigenvalue weighted by atomic mass is 16.4. The molecule has 0 bridgehead atoms. The van der Waals surface area contributed by atoms with Crippen molar-refractivity contribution in [2.24, 2.45) is 0 Å². The Kier molecular flexibility index (Phi) is 3.55. The van der Waals surface area contributed by atoms with E-state index < -0.39 is 5.97 Å². The summed E-state index contributed by atoms with van der Waals surface area (Å²) in [7, 11) is 0. The maximum absolute atomic E-state index is 10.6. The molecule has 0 aliphatic carbocycles. The Bertz CT molecular complexity index is 443. The second-order valence-electron chi connectivity index (χ2n) is 2.98. The van der Waals surface area contributed by atoms with Crippen molar-refractivity contribution in [3.05, 3.63) is 47.5 Å². The van der Waals surface area contributed by atoms with Crippen LogP contribution in [0.3, 0.4) is 0 Å². The predicted octanol–water partition coefficient (Wildman–Crippen LogP) is 1.85. The van der Waals surface area contributed by atoms with Crippen LogP contribution in [0, 0.1) is 0 Å². The molecular formula is C11H10N2O2. The number of aliphatic carboxylic acids is 1. The Morgan fingerprint density at radius 3 is 2.47 bits per heavy atom. The van der Waals surface area contributed by atoms with E-state index in [2.05, 4.69) is 4.79 Å². The Balaban J connectivity index is 3.04. The second kappa shape index (κ2) is 4.88. The smallest absolute Gasteiger partial charge is 0.419 e. The minimum Gasteiger partial charge on any atom is -0.472 e. The van der Waals surface area contributed by atoms with Gasteiger partial charge in [0.25, 0.3) is 0 Å². The van der Waals surface area contributed by atoms with Crippen molar-refractivity contribution in [3.8, 4) is 0 Å². The van der Waals surface area contributed by atoms with Gasteiger partial charge in [-0.1, -0.05) is 30.3 Å². The molecule has 0 atom stereocenters. The van der Waals surface area contributed by atoms with Crippen molar-refractivity contribution in [1.29, 1.82) is 0 Å². The first-order valence-corrected chi connectivity index (χ1v) is 4.34. The van der Waals surface area contributed by atoms with E-state index in [1.807, 2.05) is 30.3 Å². The van der Waals surface area contributed by atoms with Gasteiger partial charge < -0.3 is 10.6 Å². The molecular weight excluding hydrogens is 192 g/mol. The van der Waals surface area contributed by atoms with Crippen LogP contribution in [0.1, 0.15) is 12.5 Å². The van der Waals surface area contributed by atoms with Crippen LogP contribution < -0.4 is 0 Å². The van der Waals surface area contributed by atoms with Gasteiger partial charge in [0.05, 0.1) is 0 Å². The Morgan fingerprint density at radius 1 is 1.40 bits per heavy atom. The molecule has 76 valence electrons. The molecule has 4 nitrogen and oxygen atoms in total. The van der Waals surface area contributed by atoms with E-state index in [1.165, 1.54) is 6.08 Å². The van der Waals surface area contributed by atoms with Crippen molar-refractivity contribution in [2.75, 3.05) is 0 Å². The zero-order valence-corrected chi connectivity index (χ0v) is 8.21. The van der Waals surface area contributed by atoms with Gasteiger partial charge in [-0.05, 0) is 18.1 Å². The lowest BCUT2D eigenvalue weighted by Gasteiger charge is -1.97. The molecule has 0 heterocycles. The maximum atomic E-state index is 10.6. The van der Waals surface area contributed by atoms with Gasteiger partial charge >= 0.3 is 11.7 Å². The minimum absolute atomic E-state index is 0.378. The number of allylic oxidation sites excluding steroid dienone is 1. The number of nitrogens with zero attached hydrogens (tertiary/aromatic N) is 2. The number of hydrogen-bond acceptors (Lipinski definition) is 1. The average Bonchev–Trinajstić information content (AvgIpc) is 2.26. The lowest BCUT2D eigenvalue weighted by Crippen LogP contribution is -2.11. The second-order valence-corrected chi connectivity index (χ2v) is 2.98. The van der Waals surface area contributed by atoms with E-state index in [9.17, 15) is 4.79 Å². The molecule has 0 saturated carbocycles. The summed E-state index contributed by atoms with van der Waals surface area (Å²) in [5, 5.41) is 8.63. The lowest BCUT2D eigenvalue weighted by atomic mass is 10.1. The largest absolute Gasteiger partial charge is 0.472 e. The van der Waals surface area contributed by atoms with E-state index in [0.717, 1.165) is 11.1 Å². The van der Waals surface area contributed by atoms with E-state index in [0.29, 0.717) is 0 Å². The molecule has 0 unspecified atom stereocenters. The summed E-state index contributed by atoms with van der Waals surface area (Å²) in [5.41, 5.74) is 9.69. The predicted molar refractivity (Wildman–Crippen MR) is 56.4 cm³/mol. The van der Waals surface area contributed by atoms with Crippen molar-refractivity contribution in [2.45, 2.75) is 6.92 Å². The van der Waals surface area contributed by atoms with Crippen molar-refractivity contribution in [3.63, 3.8) is 0 Å². The normalized spacial score (nSPS) is 10.6. The fraction of sp³-hybridized carbons (Fsp3) is 0.0909. The molecule has 0 amide bonds. The van der Waals surface area contributed by atoms with Gasteiger partial charge in [0.1, 0.15) is 0 Å². The highest BCUT2D eigenvalue weighted by molar-refractivity contribution is 6.39. The number of benzene rings is 1. The molecule has 1 N–H and O–H groups in total. The van der Waals surface area contributed by atoms with Crippen LogP contribution >= 0.6 is 0 Å². The van der Waals surface area contributed by atoms with Gasteiger partial charge in [0.15, 0.2) is 0 Å². The van der Waals surface area contributed by atoms with Crippen LogP contribution in [0.5, 0.6) is 0 Å². The molecule has 0 aromatic heterocycles. The molecule has 4 heteroatoms. The quantitative estimate of drug-likeness (QED) is 0.461. The molecule has 1 rings (SSSR count). The average molecular weight is 202 g/mol. The number of carboxylic acids is 1. The summed E-state index contributed by atoms with van der Waals surface area (Å²) >= 11 is 0. The van der Waals surface area contributed by atoms with E-state index in [-0.39, 0.29) is 5.71 Å². The van der Waals surface area contributed by atoms with E-state index >= 15 is 0 Å². The van der Waals surface area contributed by atoms with Crippen LogP contribution in [0.4, 0.5) is 0 Å². The third-order valence-electron chi connectivity index (χ3n) is 1.91.